The molecule has 0 bridgehead atoms. The summed E-state index contributed by atoms with van der Waals surface area (Å²) in [6, 6.07) is -0.873. The highest BCUT2D eigenvalue weighted by atomic mass is 16.6. The van der Waals surface area contributed by atoms with Crippen LogP contribution in [0.25, 0.3) is 0 Å². The Kier molecular flexibility index (Phi) is 5.44. The van der Waals surface area contributed by atoms with Crippen molar-refractivity contribution in [3.05, 3.63) is 12.7 Å². The number of likely N-dealkylation sites (N-methyl/N-ethyl adjacent to an activating group) is 1. The summed E-state index contributed by atoms with van der Waals surface area (Å²) >= 11 is 0. The second-order valence-corrected chi connectivity index (χ2v) is 3.50. The molecule has 0 radical (unpaired) electrons. The number of carboxylic acid groups (broad SMARTS) is 1. The average Bonchev–Trinajstić information content (AvgIpc) is 2.12. The number of amides is 1. The Hall–Kier alpha value is -1.52. The number of hydrogen-bond acceptors (Lipinski definition) is 3. The lowest BCUT2D eigenvalue weighted by atomic mass is 10.0. The van der Waals surface area contributed by atoms with Crippen molar-refractivity contribution in [2.75, 3.05) is 13.7 Å². The minimum absolute atomic E-state index is 0.0770. The van der Waals surface area contributed by atoms with Gasteiger partial charge in [-0.1, -0.05) is 26.5 Å². The maximum Gasteiger partial charge on any atom is 0.410 e. The largest absolute Gasteiger partial charge is 0.480 e. The first-order chi connectivity index (χ1) is 6.91. The normalized spacial score (nSPS) is 12.0. The van der Waals surface area contributed by atoms with E-state index in [0.29, 0.717) is 0 Å². The number of carboxylic acids is 1. The Morgan fingerprint density at radius 1 is 1.53 bits per heavy atom. The summed E-state index contributed by atoms with van der Waals surface area (Å²) in [5.41, 5.74) is 0. The topological polar surface area (TPSA) is 66.8 Å². The van der Waals surface area contributed by atoms with Crippen LogP contribution in [-0.4, -0.2) is 41.8 Å². The van der Waals surface area contributed by atoms with E-state index in [0.717, 1.165) is 4.90 Å². The molecule has 0 aliphatic heterocycles. The maximum absolute atomic E-state index is 11.3. The first-order valence-electron chi connectivity index (χ1n) is 4.65. The molecule has 1 atom stereocenters. The van der Waals surface area contributed by atoms with E-state index in [4.69, 9.17) is 9.84 Å². The molecule has 5 heteroatoms. The second-order valence-electron chi connectivity index (χ2n) is 3.50. The van der Waals surface area contributed by atoms with Crippen molar-refractivity contribution >= 4 is 12.1 Å². The van der Waals surface area contributed by atoms with Crippen LogP contribution in [0.3, 0.4) is 0 Å². The first-order valence-corrected chi connectivity index (χ1v) is 4.65. The molecule has 0 saturated carbocycles. The fourth-order valence-electron chi connectivity index (χ4n) is 1.24. The fraction of sp³-hybridized carbons (Fsp3) is 0.600. The van der Waals surface area contributed by atoms with Gasteiger partial charge in [0, 0.05) is 7.05 Å². The number of aliphatic carboxylic acids is 1. The number of carbonyl (C=O) groups is 2. The summed E-state index contributed by atoms with van der Waals surface area (Å²) in [5, 5.41) is 8.92. The van der Waals surface area contributed by atoms with Crippen molar-refractivity contribution in [3.8, 4) is 0 Å². The Morgan fingerprint density at radius 2 is 2.07 bits per heavy atom. The second kappa shape index (κ2) is 6.06. The van der Waals surface area contributed by atoms with Gasteiger partial charge in [-0.05, 0) is 5.92 Å². The third-order valence-electron chi connectivity index (χ3n) is 1.91. The molecular formula is C10H17NO4. The van der Waals surface area contributed by atoms with Crippen LogP contribution in [0, 0.1) is 5.92 Å². The summed E-state index contributed by atoms with van der Waals surface area (Å²) < 4.78 is 4.74. The van der Waals surface area contributed by atoms with Gasteiger partial charge in [0.25, 0.3) is 0 Å². The average molecular weight is 215 g/mol. The highest BCUT2D eigenvalue weighted by molar-refractivity contribution is 5.80. The molecule has 0 fully saturated rings. The van der Waals surface area contributed by atoms with E-state index in [-0.39, 0.29) is 12.5 Å². The number of carbonyl (C=O) groups excluding carboxylic acids is 1. The van der Waals surface area contributed by atoms with Crippen LogP contribution in [0.15, 0.2) is 12.7 Å². The summed E-state index contributed by atoms with van der Waals surface area (Å²) in [4.78, 5) is 23.3. The van der Waals surface area contributed by atoms with Gasteiger partial charge >= 0.3 is 12.1 Å². The van der Waals surface area contributed by atoms with Gasteiger partial charge in [-0.2, -0.15) is 0 Å². The van der Waals surface area contributed by atoms with E-state index in [1.54, 1.807) is 13.8 Å². The molecule has 1 amide bonds. The lowest BCUT2D eigenvalue weighted by Crippen LogP contribution is -2.45. The van der Waals surface area contributed by atoms with Gasteiger partial charge < -0.3 is 9.84 Å². The fourth-order valence-corrected chi connectivity index (χ4v) is 1.24. The summed E-state index contributed by atoms with van der Waals surface area (Å²) in [5.74, 6) is -1.22. The molecule has 0 spiro atoms. The Labute approximate surface area is 89.3 Å². The Bertz CT molecular complexity index is 250. The molecule has 0 aromatic heterocycles. The van der Waals surface area contributed by atoms with Crippen LogP contribution in [0.4, 0.5) is 4.79 Å². The van der Waals surface area contributed by atoms with Crippen molar-refractivity contribution in [1.29, 1.82) is 0 Å². The summed E-state index contributed by atoms with van der Waals surface area (Å²) in [7, 11) is 1.41. The van der Waals surface area contributed by atoms with Crippen molar-refractivity contribution in [3.63, 3.8) is 0 Å². The number of nitrogens with zero attached hydrogens (tertiary/aromatic N) is 1. The molecule has 0 aromatic rings. The van der Waals surface area contributed by atoms with E-state index in [1.165, 1.54) is 13.1 Å². The van der Waals surface area contributed by atoms with Crippen LogP contribution in [-0.2, 0) is 9.53 Å². The van der Waals surface area contributed by atoms with E-state index < -0.39 is 18.1 Å². The van der Waals surface area contributed by atoms with E-state index in [9.17, 15) is 9.59 Å². The lowest BCUT2D eigenvalue weighted by molar-refractivity contribution is -0.143. The molecule has 0 saturated heterocycles. The molecule has 0 aliphatic rings. The van der Waals surface area contributed by atoms with Gasteiger partial charge in [-0.3, -0.25) is 4.90 Å². The molecule has 0 aromatic carbocycles. The van der Waals surface area contributed by atoms with Gasteiger partial charge in [0.05, 0.1) is 0 Å². The number of hydrogen-bond donors (Lipinski definition) is 1. The van der Waals surface area contributed by atoms with Gasteiger partial charge in [0.15, 0.2) is 0 Å². The third-order valence-corrected chi connectivity index (χ3v) is 1.91. The van der Waals surface area contributed by atoms with Crippen molar-refractivity contribution in [1.82, 2.24) is 4.90 Å². The van der Waals surface area contributed by atoms with Crippen LogP contribution in [0.2, 0.25) is 0 Å². The minimum Gasteiger partial charge on any atom is -0.480 e. The maximum atomic E-state index is 11.3. The summed E-state index contributed by atoms with van der Waals surface area (Å²) in [6.07, 6.45) is 0.771. The molecule has 0 unspecified atom stereocenters. The minimum atomic E-state index is -1.04. The standard InChI is InChI=1S/C10H17NO4/c1-5-6-15-10(14)11(4)8(7(2)3)9(12)13/h5,7-8H,1,6H2,2-4H3,(H,12,13)/t8-/m0/s1. The quantitative estimate of drug-likeness (QED) is 0.703. The predicted molar refractivity (Wildman–Crippen MR) is 55.6 cm³/mol. The zero-order valence-electron chi connectivity index (χ0n) is 9.27. The van der Waals surface area contributed by atoms with E-state index in [1.807, 2.05) is 0 Å². The molecular weight excluding hydrogens is 198 g/mol. The van der Waals surface area contributed by atoms with Crippen molar-refractivity contribution in [2.45, 2.75) is 19.9 Å². The van der Waals surface area contributed by atoms with Crippen LogP contribution in [0.5, 0.6) is 0 Å². The highest BCUT2D eigenvalue weighted by Crippen LogP contribution is 2.10. The van der Waals surface area contributed by atoms with E-state index in [2.05, 4.69) is 6.58 Å². The Balaban J connectivity index is 4.49. The molecule has 0 heterocycles. The monoisotopic (exact) mass is 215 g/mol. The van der Waals surface area contributed by atoms with Gasteiger partial charge in [0.1, 0.15) is 12.6 Å². The van der Waals surface area contributed by atoms with Crippen LogP contribution < -0.4 is 0 Å². The number of rotatable bonds is 5. The zero-order valence-corrected chi connectivity index (χ0v) is 9.27. The van der Waals surface area contributed by atoms with E-state index >= 15 is 0 Å². The van der Waals surface area contributed by atoms with Crippen molar-refractivity contribution < 1.29 is 19.4 Å². The zero-order chi connectivity index (χ0) is 12.0. The number of ether oxygens (including phenoxy) is 1. The van der Waals surface area contributed by atoms with Crippen molar-refractivity contribution in [2.24, 2.45) is 5.92 Å². The third kappa shape index (κ3) is 4.01. The smallest absolute Gasteiger partial charge is 0.410 e. The molecule has 1 N–H and O–H groups in total. The van der Waals surface area contributed by atoms with Crippen LogP contribution in [0.1, 0.15) is 13.8 Å². The molecule has 0 rings (SSSR count). The highest BCUT2D eigenvalue weighted by Gasteiger charge is 2.30. The van der Waals surface area contributed by atoms with Gasteiger partial charge in [0.2, 0.25) is 0 Å². The SMILES string of the molecule is C=CCOC(=O)N(C)[C@H](C(=O)O)C(C)C. The predicted octanol–water partition coefficient (Wildman–Crippen LogP) is 1.35. The Morgan fingerprint density at radius 3 is 2.40 bits per heavy atom. The van der Waals surface area contributed by atoms with Crippen LogP contribution >= 0.6 is 0 Å². The summed E-state index contributed by atoms with van der Waals surface area (Å²) in [6.45, 7) is 6.94. The first kappa shape index (κ1) is 13.5. The van der Waals surface area contributed by atoms with Gasteiger partial charge in [-0.15, -0.1) is 0 Å². The van der Waals surface area contributed by atoms with Gasteiger partial charge in [-0.25, -0.2) is 9.59 Å². The molecule has 86 valence electrons. The molecule has 5 nitrogen and oxygen atoms in total. The molecule has 15 heavy (non-hydrogen) atoms. The molecule has 0 aliphatic carbocycles. The lowest BCUT2D eigenvalue weighted by Gasteiger charge is -2.26.